The second-order valence-electron chi connectivity index (χ2n) is 6.37. The van der Waals surface area contributed by atoms with Crippen LogP contribution in [0.25, 0.3) is 0 Å². The molecule has 0 aromatic rings. The van der Waals surface area contributed by atoms with Gasteiger partial charge in [0.15, 0.2) is 0 Å². The number of hydrogen-bond acceptors (Lipinski definition) is 4. The Morgan fingerprint density at radius 1 is 1.33 bits per heavy atom. The van der Waals surface area contributed by atoms with Crippen molar-refractivity contribution in [2.45, 2.75) is 37.8 Å². The number of nitrogens with one attached hydrogen (secondary N) is 1. The minimum absolute atomic E-state index is 0.129. The van der Waals surface area contributed by atoms with Gasteiger partial charge in [-0.05, 0) is 31.1 Å². The van der Waals surface area contributed by atoms with Gasteiger partial charge in [-0.25, -0.2) is 0 Å². The predicted octanol–water partition coefficient (Wildman–Crippen LogP) is -0.838. The van der Waals surface area contributed by atoms with Gasteiger partial charge in [0, 0.05) is 19.1 Å². The van der Waals surface area contributed by atoms with Gasteiger partial charge in [-0.2, -0.15) is 0 Å². The standard InChI is InChI=1S/C14H21N3O4/c15-12-8-2-1-7(5-8)11(12)14(21)17-4-3-16-13(20)9(17)6-10(18)19/h7-9,11-12H,1-6,15H2,(H,16,20)(H,18,19). The zero-order valence-corrected chi connectivity index (χ0v) is 11.8. The van der Waals surface area contributed by atoms with Crippen LogP contribution in [0, 0.1) is 17.8 Å². The second-order valence-corrected chi connectivity index (χ2v) is 6.37. The molecule has 1 aliphatic heterocycles. The first kappa shape index (κ1) is 14.3. The molecule has 1 saturated heterocycles. The number of carboxylic acid groups (broad SMARTS) is 1. The van der Waals surface area contributed by atoms with E-state index in [1.807, 2.05) is 0 Å². The summed E-state index contributed by atoms with van der Waals surface area (Å²) in [6.07, 6.45) is 2.72. The molecule has 4 N–H and O–H groups in total. The highest BCUT2D eigenvalue weighted by Crippen LogP contribution is 2.48. The van der Waals surface area contributed by atoms with E-state index in [-0.39, 0.29) is 30.2 Å². The molecule has 2 saturated carbocycles. The number of carboxylic acids is 1. The van der Waals surface area contributed by atoms with Crippen LogP contribution in [-0.2, 0) is 14.4 Å². The molecule has 7 heteroatoms. The summed E-state index contributed by atoms with van der Waals surface area (Å²) >= 11 is 0. The number of fused-ring (bicyclic) bond motifs is 2. The highest BCUT2D eigenvalue weighted by atomic mass is 16.4. The molecule has 2 amide bonds. The predicted molar refractivity (Wildman–Crippen MR) is 73.1 cm³/mol. The summed E-state index contributed by atoms with van der Waals surface area (Å²) in [5, 5.41) is 11.6. The summed E-state index contributed by atoms with van der Waals surface area (Å²) in [5.74, 6) is -1.13. The molecule has 0 spiro atoms. The van der Waals surface area contributed by atoms with Crippen LogP contribution in [-0.4, -0.2) is 53.0 Å². The van der Waals surface area contributed by atoms with Gasteiger partial charge in [0.25, 0.3) is 0 Å². The molecular weight excluding hydrogens is 274 g/mol. The van der Waals surface area contributed by atoms with Crippen LogP contribution >= 0.6 is 0 Å². The zero-order valence-electron chi connectivity index (χ0n) is 11.8. The Kier molecular flexibility index (Phi) is 3.61. The van der Waals surface area contributed by atoms with E-state index >= 15 is 0 Å². The first-order chi connectivity index (χ1) is 9.99. The fourth-order valence-electron chi connectivity index (χ4n) is 4.24. The van der Waals surface area contributed by atoms with Gasteiger partial charge >= 0.3 is 5.97 Å². The van der Waals surface area contributed by atoms with Gasteiger partial charge in [0.1, 0.15) is 6.04 Å². The van der Waals surface area contributed by atoms with Crippen molar-refractivity contribution in [3.05, 3.63) is 0 Å². The van der Waals surface area contributed by atoms with Crippen molar-refractivity contribution < 1.29 is 19.5 Å². The van der Waals surface area contributed by atoms with Crippen LogP contribution in [0.1, 0.15) is 25.7 Å². The first-order valence-electron chi connectivity index (χ1n) is 7.54. The third-order valence-corrected chi connectivity index (χ3v) is 5.25. The summed E-state index contributed by atoms with van der Waals surface area (Å²) < 4.78 is 0. The molecule has 0 aromatic carbocycles. The van der Waals surface area contributed by atoms with Gasteiger partial charge in [0.05, 0.1) is 12.3 Å². The normalized spacial score (nSPS) is 38.4. The number of nitrogens with zero attached hydrogens (tertiary/aromatic N) is 1. The lowest BCUT2D eigenvalue weighted by atomic mass is 9.83. The molecule has 5 atom stereocenters. The Hall–Kier alpha value is -1.63. The van der Waals surface area contributed by atoms with Crippen molar-refractivity contribution >= 4 is 17.8 Å². The molecule has 3 rings (SSSR count). The number of rotatable bonds is 3. The Balaban J connectivity index is 1.78. The topological polar surface area (TPSA) is 113 Å². The number of piperazine rings is 1. The zero-order chi connectivity index (χ0) is 15.1. The number of hydrogen-bond donors (Lipinski definition) is 3. The number of carbonyl (C=O) groups is 3. The smallest absolute Gasteiger partial charge is 0.305 e. The minimum atomic E-state index is -1.08. The SMILES string of the molecule is NC1C2CCC(C2)C1C(=O)N1CCNC(=O)C1CC(=O)O. The molecule has 0 radical (unpaired) electrons. The Labute approximate surface area is 122 Å². The van der Waals surface area contributed by atoms with Crippen molar-refractivity contribution in [2.75, 3.05) is 13.1 Å². The molecule has 116 valence electrons. The Morgan fingerprint density at radius 3 is 2.67 bits per heavy atom. The van der Waals surface area contributed by atoms with Crippen LogP contribution in [0.3, 0.4) is 0 Å². The fourth-order valence-corrected chi connectivity index (χ4v) is 4.24. The minimum Gasteiger partial charge on any atom is -0.481 e. The van der Waals surface area contributed by atoms with Crippen LogP contribution in [0.15, 0.2) is 0 Å². The number of amides is 2. The van der Waals surface area contributed by atoms with Crippen molar-refractivity contribution in [3.63, 3.8) is 0 Å². The molecule has 3 aliphatic rings. The summed E-state index contributed by atoms with van der Waals surface area (Å²) in [7, 11) is 0. The number of nitrogens with two attached hydrogens (primary N) is 1. The third-order valence-electron chi connectivity index (χ3n) is 5.25. The lowest BCUT2D eigenvalue weighted by Gasteiger charge is -2.38. The molecule has 21 heavy (non-hydrogen) atoms. The van der Waals surface area contributed by atoms with Gasteiger partial charge < -0.3 is 21.1 Å². The third kappa shape index (κ3) is 2.39. The van der Waals surface area contributed by atoms with Crippen molar-refractivity contribution in [1.29, 1.82) is 0 Å². The van der Waals surface area contributed by atoms with E-state index in [4.69, 9.17) is 10.8 Å². The van der Waals surface area contributed by atoms with Crippen molar-refractivity contribution in [2.24, 2.45) is 23.5 Å². The van der Waals surface area contributed by atoms with Crippen LogP contribution in [0.2, 0.25) is 0 Å². The lowest BCUT2D eigenvalue weighted by Crippen LogP contribution is -2.60. The molecule has 1 heterocycles. The van der Waals surface area contributed by atoms with E-state index in [2.05, 4.69) is 5.32 Å². The fraction of sp³-hybridized carbons (Fsp3) is 0.786. The summed E-state index contributed by atoms with van der Waals surface area (Å²) in [5.41, 5.74) is 6.19. The van der Waals surface area contributed by atoms with E-state index in [0.717, 1.165) is 19.3 Å². The van der Waals surface area contributed by atoms with Crippen molar-refractivity contribution in [3.8, 4) is 0 Å². The van der Waals surface area contributed by atoms with Gasteiger partial charge in [0.2, 0.25) is 11.8 Å². The maximum absolute atomic E-state index is 12.8. The highest BCUT2D eigenvalue weighted by molar-refractivity contribution is 5.92. The Morgan fingerprint density at radius 2 is 2.05 bits per heavy atom. The molecule has 0 aromatic heterocycles. The monoisotopic (exact) mass is 295 g/mol. The van der Waals surface area contributed by atoms with Gasteiger partial charge in [-0.3, -0.25) is 14.4 Å². The van der Waals surface area contributed by atoms with E-state index in [1.54, 1.807) is 0 Å². The lowest BCUT2D eigenvalue weighted by molar-refractivity contribution is -0.151. The highest BCUT2D eigenvalue weighted by Gasteiger charge is 2.51. The summed E-state index contributed by atoms with van der Waals surface area (Å²) in [4.78, 5) is 37.1. The van der Waals surface area contributed by atoms with Crippen LogP contribution in [0.5, 0.6) is 0 Å². The second kappa shape index (κ2) is 5.29. The Bertz CT molecular complexity index is 479. The van der Waals surface area contributed by atoms with Crippen LogP contribution in [0.4, 0.5) is 0 Å². The van der Waals surface area contributed by atoms with E-state index in [1.165, 1.54) is 4.90 Å². The van der Waals surface area contributed by atoms with Gasteiger partial charge in [-0.1, -0.05) is 0 Å². The molecular formula is C14H21N3O4. The maximum Gasteiger partial charge on any atom is 0.305 e. The maximum atomic E-state index is 12.8. The summed E-state index contributed by atoms with van der Waals surface area (Å²) in [6.45, 7) is 0.736. The quantitative estimate of drug-likeness (QED) is 0.628. The summed E-state index contributed by atoms with van der Waals surface area (Å²) in [6, 6.07) is -1.05. The average Bonchev–Trinajstić information content (AvgIpc) is 3.00. The molecule has 5 unspecified atom stereocenters. The number of carbonyl (C=O) groups excluding carboxylic acids is 2. The first-order valence-corrected chi connectivity index (χ1v) is 7.54. The average molecular weight is 295 g/mol. The van der Waals surface area contributed by atoms with Crippen LogP contribution < -0.4 is 11.1 Å². The molecule has 2 bridgehead atoms. The molecule has 2 aliphatic carbocycles. The van der Waals surface area contributed by atoms with E-state index in [0.29, 0.717) is 24.9 Å². The largest absolute Gasteiger partial charge is 0.481 e. The number of aliphatic carboxylic acids is 1. The molecule has 7 nitrogen and oxygen atoms in total. The van der Waals surface area contributed by atoms with E-state index < -0.39 is 12.0 Å². The van der Waals surface area contributed by atoms with Crippen molar-refractivity contribution in [1.82, 2.24) is 10.2 Å². The van der Waals surface area contributed by atoms with Gasteiger partial charge in [-0.15, -0.1) is 0 Å². The van der Waals surface area contributed by atoms with E-state index in [9.17, 15) is 14.4 Å². The molecule has 3 fully saturated rings.